The van der Waals surface area contributed by atoms with Crippen molar-refractivity contribution in [1.29, 1.82) is 0 Å². The fourth-order valence-corrected chi connectivity index (χ4v) is 2.35. The van der Waals surface area contributed by atoms with Crippen molar-refractivity contribution in [1.82, 2.24) is 24.7 Å². The molecule has 0 aliphatic rings. The van der Waals surface area contributed by atoms with E-state index in [1.807, 2.05) is 18.2 Å². The highest BCUT2D eigenvalue weighted by Crippen LogP contribution is 2.21. The van der Waals surface area contributed by atoms with E-state index < -0.39 is 0 Å². The third-order valence-electron chi connectivity index (χ3n) is 3.47. The number of rotatable bonds is 4. The lowest BCUT2D eigenvalue weighted by molar-refractivity contribution is 0.564. The number of halogens is 1. The van der Waals surface area contributed by atoms with Gasteiger partial charge in [-0.05, 0) is 18.2 Å². The third-order valence-corrected chi connectivity index (χ3v) is 3.47. The van der Waals surface area contributed by atoms with Gasteiger partial charge in [-0.15, -0.1) is 5.10 Å². The average molecular weight is 321 g/mol. The Hall–Kier alpha value is -3.35. The van der Waals surface area contributed by atoms with Gasteiger partial charge in [0.2, 0.25) is 5.82 Å². The van der Waals surface area contributed by atoms with Gasteiger partial charge in [0, 0.05) is 11.8 Å². The zero-order valence-corrected chi connectivity index (χ0v) is 12.5. The van der Waals surface area contributed by atoms with Gasteiger partial charge >= 0.3 is 0 Å². The van der Waals surface area contributed by atoms with E-state index in [0.29, 0.717) is 28.8 Å². The zero-order chi connectivity index (χ0) is 16.4. The van der Waals surface area contributed by atoms with Crippen molar-refractivity contribution >= 4 is 0 Å². The molecule has 3 heterocycles. The molecule has 1 aromatic carbocycles. The van der Waals surface area contributed by atoms with Gasteiger partial charge in [0.15, 0.2) is 5.82 Å². The number of hydrogen-bond acceptors (Lipinski definition) is 5. The van der Waals surface area contributed by atoms with E-state index in [9.17, 15) is 4.39 Å². The summed E-state index contributed by atoms with van der Waals surface area (Å²) in [5.41, 5.74) is 1.15. The molecule has 0 spiro atoms. The summed E-state index contributed by atoms with van der Waals surface area (Å²) in [6, 6.07) is 12.1. The number of nitrogens with zero attached hydrogens (tertiary/aromatic N) is 5. The maximum absolute atomic E-state index is 14.0. The monoisotopic (exact) mass is 321 g/mol. The Kier molecular flexibility index (Phi) is 3.59. The maximum atomic E-state index is 14.0. The summed E-state index contributed by atoms with van der Waals surface area (Å²) >= 11 is 0. The smallest absolute Gasteiger partial charge is 0.266 e. The van der Waals surface area contributed by atoms with Crippen molar-refractivity contribution < 1.29 is 8.81 Å². The maximum Gasteiger partial charge on any atom is 0.266 e. The summed E-state index contributed by atoms with van der Waals surface area (Å²) < 4.78 is 20.8. The van der Waals surface area contributed by atoms with Gasteiger partial charge in [-0.2, -0.15) is 0 Å². The highest BCUT2D eigenvalue weighted by Gasteiger charge is 2.17. The first-order chi connectivity index (χ1) is 11.8. The fourth-order valence-electron chi connectivity index (χ4n) is 2.35. The van der Waals surface area contributed by atoms with Crippen LogP contribution in [0, 0.1) is 5.82 Å². The van der Waals surface area contributed by atoms with E-state index in [4.69, 9.17) is 4.42 Å². The molecule has 7 heteroatoms. The molecular weight excluding hydrogens is 309 g/mol. The van der Waals surface area contributed by atoms with Crippen LogP contribution in [0.4, 0.5) is 4.39 Å². The minimum absolute atomic E-state index is 0.228. The lowest BCUT2D eigenvalue weighted by Gasteiger charge is -2.06. The predicted molar refractivity (Wildman–Crippen MR) is 84.3 cm³/mol. The van der Waals surface area contributed by atoms with Gasteiger partial charge in [0.1, 0.15) is 17.8 Å². The van der Waals surface area contributed by atoms with E-state index >= 15 is 0 Å². The molecule has 0 fully saturated rings. The Morgan fingerprint density at radius 3 is 2.62 bits per heavy atom. The van der Waals surface area contributed by atoms with Crippen LogP contribution in [-0.2, 0) is 6.54 Å². The molecule has 0 aliphatic carbocycles. The van der Waals surface area contributed by atoms with Crippen LogP contribution < -0.4 is 0 Å². The molecule has 4 rings (SSSR count). The topological polar surface area (TPSA) is 69.6 Å². The summed E-state index contributed by atoms with van der Waals surface area (Å²) in [6.07, 6.45) is 4.64. The molecule has 0 radical (unpaired) electrons. The quantitative estimate of drug-likeness (QED) is 0.577. The van der Waals surface area contributed by atoms with Crippen molar-refractivity contribution in [3.8, 4) is 23.2 Å². The van der Waals surface area contributed by atoms with Crippen LogP contribution in [0.3, 0.4) is 0 Å². The lowest BCUT2D eigenvalue weighted by Crippen LogP contribution is -2.06. The Morgan fingerprint density at radius 2 is 1.88 bits per heavy atom. The normalized spacial score (nSPS) is 10.9. The van der Waals surface area contributed by atoms with Crippen molar-refractivity contribution in [2.75, 3.05) is 0 Å². The van der Waals surface area contributed by atoms with Crippen molar-refractivity contribution in [2.24, 2.45) is 0 Å². The molecule has 0 amide bonds. The molecule has 0 atom stereocenters. The van der Waals surface area contributed by atoms with E-state index in [0.717, 1.165) is 0 Å². The first kappa shape index (κ1) is 14.3. The highest BCUT2D eigenvalue weighted by atomic mass is 19.1. The summed E-state index contributed by atoms with van der Waals surface area (Å²) in [5.74, 6) is 0.862. The first-order valence-electron chi connectivity index (χ1n) is 7.31. The van der Waals surface area contributed by atoms with Gasteiger partial charge in [-0.1, -0.05) is 24.3 Å². The van der Waals surface area contributed by atoms with Gasteiger partial charge in [0.25, 0.3) is 5.89 Å². The minimum Gasteiger partial charge on any atom is -0.442 e. The van der Waals surface area contributed by atoms with Crippen LogP contribution in [0.15, 0.2) is 65.5 Å². The van der Waals surface area contributed by atoms with Gasteiger partial charge in [0.05, 0.1) is 12.7 Å². The van der Waals surface area contributed by atoms with Crippen LogP contribution >= 0.6 is 0 Å². The minimum atomic E-state index is -0.294. The number of oxazole rings is 1. The molecule has 4 aromatic rings. The Balaban J connectivity index is 1.81. The number of pyridine rings is 1. The molecule has 0 saturated carbocycles. The fraction of sp³-hybridized carbons (Fsp3) is 0.0588. The molecule has 0 unspecified atom stereocenters. The molecule has 0 bridgehead atoms. The molecule has 118 valence electrons. The van der Waals surface area contributed by atoms with Crippen LogP contribution in [0.5, 0.6) is 0 Å². The Morgan fingerprint density at radius 1 is 1.00 bits per heavy atom. The van der Waals surface area contributed by atoms with E-state index in [-0.39, 0.29) is 12.4 Å². The Labute approximate surface area is 136 Å². The molecule has 0 saturated heterocycles. The number of aromatic nitrogens is 5. The zero-order valence-electron chi connectivity index (χ0n) is 12.5. The summed E-state index contributed by atoms with van der Waals surface area (Å²) in [4.78, 5) is 12.8. The molecular formula is C17H12FN5O. The lowest BCUT2D eigenvalue weighted by atomic mass is 10.2. The van der Waals surface area contributed by atoms with Crippen LogP contribution in [0.2, 0.25) is 0 Å². The van der Waals surface area contributed by atoms with E-state index in [1.165, 1.54) is 18.5 Å². The average Bonchev–Trinajstić information content (AvgIpc) is 3.27. The van der Waals surface area contributed by atoms with E-state index in [2.05, 4.69) is 20.1 Å². The summed E-state index contributed by atoms with van der Waals surface area (Å²) in [7, 11) is 0. The van der Waals surface area contributed by atoms with Crippen molar-refractivity contribution in [3.05, 3.63) is 72.5 Å². The molecule has 24 heavy (non-hydrogen) atoms. The number of hydrogen-bond donors (Lipinski definition) is 0. The Bertz CT molecular complexity index is 950. The molecule has 6 nitrogen and oxygen atoms in total. The second kappa shape index (κ2) is 6.04. The van der Waals surface area contributed by atoms with Crippen molar-refractivity contribution in [3.63, 3.8) is 0 Å². The highest BCUT2D eigenvalue weighted by molar-refractivity contribution is 5.53. The summed E-state index contributed by atoms with van der Waals surface area (Å²) in [5, 5.41) is 4.41. The molecule has 0 N–H and O–H groups in total. The molecule has 3 aromatic heterocycles. The number of benzene rings is 1. The van der Waals surface area contributed by atoms with Crippen LogP contribution in [0.25, 0.3) is 23.2 Å². The van der Waals surface area contributed by atoms with Crippen LogP contribution in [-0.4, -0.2) is 24.7 Å². The van der Waals surface area contributed by atoms with Gasteiger partial charge in [-0.3, -0.25) is 4.98 Å². The largest absolute Gasteiger partial charge is 0.442 e. The molecule has 0 aliphatic heterocycles. The van der Waals surface area contributed by atoms with Gasteiger partial charge in [-0.25, -0.2) is 19.0 Å². The van der Waals surface area contributed by atoms with Crippen LogP contribution in [0.1, 0.15) is 5.56 Å². The predicted octanol–water partition coefficient (Wildman–Crippen LogP) is 3.18. The SMILES string of the molecule is Fc1ccccc1Cn1nc(-c2ncco2)nc1-c1ccccn1. The third kappa shape index (κ3) is 2.67. The summed E-state index contributed by atoms with van der Waals surface area (Å²) in [6.45, 7) is 0.228. The van der Waals surface area contributed by atoms with Gasteiger partial charge < -0.3 is 4.42 Å². The van der Waals surface area contributed by atoms with E-state index in [1.54, 1.807) is 29.1 Å². The standard InChI is InChI=1S/C17H12FN5O/c18-13-6-2-1-5-12(13)11-23-16(14-7-3-4-8-19-14)21-15(22-23)17-20-9-10-24-17/h1-10H,11H2. The second-order valence-electron chi connectivity index (χ2n) is 5.06. The second-order valence-corrected chi connectivity index (χ2v) is 5.06. The van der Waals surface area contributed by atoms with Crippen molar-refractivity contribution in [2.45, 2.75) is 6.54 Å². The first-order valence-corrected chi connectivity index (χ1v) is 7.31.